The van der Waals surface area contributed by atoms with Gasteiger partial charge in [-0.25, -0.2) is 13.1 Å². The van der Waals surface area contributed by atoms with Crippen molar-refractivity contribution in [2.45, 2.75) is 23.3 Å². The smallest absolute Gasteiger partial charge is 0.305 e. The molecule has 1 saturated heterocycles. The summed E-state index contributed by atoms with van der Waals surface area (Å²) in [6.45, 7) is 0.232. The van der Waals surface area contributed by atoms with Crippen molar-refractivity contribution in [1.82, 2.24) is 4.72 Å². The number of benzene rings is 1. The lowest BCUT2D eigenvalue weighted by molar-refractivity contribution is -0.138. The van der Waals surface area contributed by atoms with Crippen LogP contribution in [0.4, 0.5) is 0 Å². The fourth-order valence-corrected chi connectivity index (χ4v) is 4.04. The minimum absolute atomic E-state index is 0.0337. The molecule has 7 nitrogen and oxygen atoms in total. The zero-order valence-electron chi connectivity index (χ0n) is 11.4. The van der Waals surface area contributed by atoms with Crippen LogP contribution in [0.3, 0.4) is 0 Å². The number of nitriles is 1. The van der Waals surface area contributed by atoms with Gasteiger partial charge in [0.25, 0.3) is 0 Å². The third-order valence-electron chi connectivity index (χ3n) is 3.30. The van der Waals surface area contributed by atoms with Gasteiger partial charge in [0.2, 0.25) is 10.0 Å². The van der Waals surface area contributed by atoms with Gasteiger partial charge >= 0.3 is 5.97 Å². The summed E-state index contributed by atoms with van der Waals surface area (Å²) in [5.74, 6) is -1.13. The Labute approximate surface area is 132 Å². The Morgan fingerprint density at radius 2 is 2.27 bits per heavy atom. The average Bonchev–Trinajstić information content (AvgIpc) is 2.84. The highest BCUT2D eigenvalue weighted by Crippen LogP contribution is 2.27. The fourth-order valence-electron chi connectivity index (χ4n) is 2.32. The first kappa shape index (κ1) is 16.7. The Kier molecular flexibility index (Phi) is 4.72. The summed E-state index contributed by atoms with van der Waals surface area (Å²) in [6.07, 6.45) is -0.157. The molecule has 1 aromatic rings. The Bertz CT molecular complexity index is 735. The van der Waals surface area contributed by atoms with E-state index in [2.05, 4.69) is 4.72 Å². The van der Waals surface area contributed by atoms with Gasteiger partial charge in [-0.1, -0.05) is 11.6 Å². The minimum atomic E-state index is -4.08. The second-order valence-electron chi connectivity index (χ2n) is 5.01. The molecule has 0 aromatic heterocycles. The van der Waals surface area contributed by atoms with E-state index in [1.165, 1.54) is 18.2 Å². The molecule has 0 amide bonds. The molecule has 0 aliphatic carbocycles. The van der Waals surface area contributed by atoms with E-state index in [9.17, 15) is 13.2 Å². The van der Waals surface area contributed by atoms with E-state index in [0.29, 0.717) is 0 Å². The van der Waals surface area contributed by atoms with Crippen molar-refractivity contribution in [1.29, 1.82) is 5.26 Å². The Morgan fingerprint density at radius 3 is 2.82 bits per heavy atom. The topological polar surface area (TPSA) is 116 Å². The number of halogens is 1. The Hall–Kier alpha value is -1.66. The van der Waals surface area contributed by atoms with Gasteiger partial charge in [0.1, 0.15) is 6.07 Å². The number of hydrogen-bond acceptors (Lipinski definition) is 5. The molecule has 1 aromatic carbocycles. The number of carboxylic acid groups (broad SMARTS) is 1. The molecule has 9 heteroatoms. The summed E-state index contributed by atoms with van der Waals surface area (Å²) in [7, 11) is -4.08. The quantitative estimate of drug-likeness (QED) is 0.826. The van der Waals surface area contributed by atoms with Crippen molar-refractivity contribution in [3.63, 3.8) is 0 Å². The average molecular weight is 345 g/mol. The number of nitrogens with zero attached hydrogens (tertiary/aromatic N) is 1. The molecule has 1 aliphatic rings. The number of carboxylic acids is 1. The number of carbonyl (C=O) groups is 1. The van der Waals surface area contributed by atoms with Crippen LogP contribution in [-0.2, 0) is 19.6 Å². The molecule has 0 spiro atoms. The molecule has 118 valence electrons. The second kappa shape index (κ2) is 6.22. The number of rotatable bonds is 5. The van der Waals surface area contributed by atoms with E-state index in [0.717, 1.165) is 0 Å². The molecule has 0 radical (unpaired) electrons. The third-order valence-corrected chi connectivity index (χ3v) is 5.17. The predicted molar refractivity (Wildman–Crippen MR) is 76.9 cm³/mol. The predicted octanol–water partition coefficient (Wildman–Crippen LogP) is 1.12. The van der Waals surface area contributed by atoms with Crippen LogP contribution < -0.4 is 4.72 Å². The summed E-state index contributed by atoms with van der Waals surface area (Å²) >= 11 is 5.75. The van der Waals surface area contributed by atoms with Gasteiger partial charge in [-0.2, -0.15) is 5.26 Å². The van der Waals surface area contributed by atoms with E-state index in [1.807, 2.05) is 0 Å². The van der Waals surface area contributed by atoms with Crippen LogP contribution in [0.2, 0.25) is 5.02 Å². The molecule has 1 heterocycles. The molecular formula is C13H13ClN2O5S. The third kappa shape index (κ3) is 3.56. The van der Waals surface area contributed by atoms with Crippen LogP contribution >= 0.6 is 11.6 Å². The van der Waals surface area contributed by atoms with Crippen LogP contribution in [0.1, 0.15) is 18.4 Å². The van der Waals surface area contributed by atoms with E-state index in [4.69, 9.17) is 26.7 Å². The Balaban J connectivity index is 2.38. The molecule has 2 N–H and O–H groups in total. The highest BCUT2D eigenvalue weighted by molar-refractivity contribution is 7.89. The van der Waals surface area contributed by atoms with Gasteiger partial charge in [0, 0.05) is 11.6 Å². The maximum atomic E-state index is 12.5. The molecule has 1 fully saturated rings. The SMILES string of the molecule is N#Cc1cc(Cl)ccc1S(=O)(=O)NC1(CC(=O)O)CCOC1. The second-order valence-corrected chi connectivity index (χ2v) is 7.10. The standard InChI is InChI=1S/C13H13ClN2O5S/c14-10-1-2-11(9(5-10)7-15)22(19,20)16-13(6-12(17)18)3-4-21-8-13/h1-2,5,16H,3-4,6,8H2,(H,17,18). The zero-order chi connectivity index (χ0) is 16.4. The van der Waals surface area contributed by atoms with Crippen LogP contribution in [0.25, 0.3) is 0 Å². The summed E-state index contributed by atoms with van der Waals surface area (Å²) < 4.78 is 32.5. The van der Waals surface area contributed by atoms with Gasteiger partial charge in [-0.05, 0) is 24.6 Å². The molecule has 1 unspecified atom stereocenters. The van der Waals surface area contributed by atoms with Crippen molar-refractivity contribution in [2.24, 2.45) is 0 Å². The van der Waals surface area contributed by atoms with Crippen LogP contribution in [-0.4, -0.2) is 38.2 Å². The summed E-state index contributed by atoms with van der Waals surface area (Å²) in [5, 5.41) is 18.3. The van der Waals surface area contributed by atoms with Crippen molar-refractivity contribution in [2.75, 3.05) is 13.2 Å². The highest BCUT2D eigenvalue weighted by atomic mass is 35.5. The lowest BCUT2D eigenvalue weighted by Gasteiger charge is -2.26. The van der Waals surface area contributed by atoms with Crippen molar-refractivity contribution < 1.29 is 23.1 Å². The molecule has 22 heavy (non-hydrogen) atoms. The summed E-state index contributed by atoms with van der Waals surface area (Å²) in [5.41, 5.74) is -1.32. The van der Waals surface area contributed by atoms with E-state index in [1.54, 1.807) is 6.07 Å². The van der Waals surface area contributed by atoms with Crippen molar-refractivity contribution in [3.05, 3.63) is 28.8 Å². The van der Waals surface area contributed by atoms with Gasteiger partial charge in [-0.3, -0.25) is 4.79 Å². The minimum Gasteiger partial charge on any atom is -0.481 e. The van der Waals surface area contributed by atoms with Crippen molar-refractivity contribution in [3.8, 4) is 6.07 Å². The first-order valence-corrected chi connectivity index (χ1v) is 8.17. The first-order valence-electron chi connectivity index (χ1n) is 6.31. The Morgan fingerprint density at radius 1 is 1.55 bits per heavy atom. The molecule has 1 atom stereocenters. The maximum Gasteiger partial charge on any atom is 0.305 e. The van der Waals surface area contributed by atoms with Gasteiger partial charge in [-0.15, -0.1) is 0 Å². The van der Waals surface area contributed by atoms with Crippen LogP contribution in [0.5, 0.6) is 0 Å². The molecule has 1 aliphatic heterocycles. The maximum absolute atomic E-state index is 12.5. The zero-order valence-corrected chi connectivity index (χ0v) is 12.9. The molecule has 0 bridgehead atoms. The van der Waals surface area contributed by atoms with Crippen LogP contribution in [0, 0.1) is 11.3 Å². The number of hydrogen-bond donors (Lipinski definition) is 2. The van der Waals surface area contributed by atoms with E-state index < -0.39 is 28.0 Å². The monoisotopic (exact) mass is 344 g/mol. The number of aliphatic carboxylic acids is 1. The normalized spacial score (nSPS) is 21.5. The summed E-state index contributed by atoms with van der Waals surface area (Å²) in [4.78, 5) is 10.8. The number of ether oxygens (including phenoxy) is 1. The number of nitrogens with one attached hydrogen (secondary N) is 1. The van der Waals surface area contributed by atoms with Crippen LogP contribution in [0.15, 0.2) is 23.1 Å². The fraction of sp³-hybridized carbons (Fsp3) is 0.385. The van der Waals surface area contributed by atoms with Gasteiger partial charge < -0.3 is 9.84 Å². The highest BCUT2D eigenvalue weighted by Gasteiger charge is 2.41. The largest absolute Gasteiger partial charge is 0.481 e. The first-order chi connectivity index (χ1) is 10.3. The molecule has 0 saturated carbocycles. The van der Waals surface area contributed by atoms with Crippen molar-refractivity contribution >= 4 is 27.6 Å². The molecule has 2 rings (SSSR count). The van der Waals surface area contributed by atoms with E-state index in [-0.39, 0.29) is 35.1 Å². The molecular weight excluding hydrogens is 332 g/mol. The lowest BCUT2D eigenvalue weighted by Crippen LogP contribution is -2.50. The van der Waals surface area contributed by atoms with Gasteiger partial charge in [0.05, 0.1) is 29.0 Å². The lowest BCUT2D eigenvalue weighted by atomic mass is 9.96. The summed E-state index contributed by atoms with van der Waals surface area (Å²) in [6, 6.07) is 5.58. The van der Waals surface area contributed by atoms with E-state index >= 15 is 0 Å². The van der Waals surface area contributed by atoms with Gasteiger partial charge in [0.15, 0.2) is 0 Å². The number of sulfonamides is 1.